The average Bonchev–Trinajstić information content (AvgIpc) is 2.28. The quantitative estimate of drug-likeness (QED) is 0.829. The number of rotatable bonds is 4. The summed E-state index contributed by atoms with van der Waals surface area (Å²) in [5.41, 5.74) is 0.470. The van der Waals surface area contributed by atoms with Gasteiger partial charge in [0.05, 0.1) is 23.7 Å². The molecule has 0 saturated heterocycles. The number of benzene rings is 1. The van der Waals surface area contributed by atoms with E-state index in [2.05, 4.69) is 10.1 Å². The van der Waals surface area contributed by atoms with Crippen LogP contribution in [0.4, 0.5) is 10.1 Å². The number of anilines is 1. The first-order chi connectivity index (χ1) is 7.54. The van der Waals surface area contributed by atoms with Gasteiger partial charge < -0.3 is 10.1 Å². The second-order valence-corrected chi connectivity index (χ2v) is 3.84. The lowest BCUT2D eigenvalue weighted by molar-refractivity contribution is -0.144. The van der Waals surface area contributed by atoms with E-state index < -0.39 is 0 Å². The van der Waals surface area contributed by atoms with Gasteiger partial charge in [-0.2, -0.15) is 0 Å². The molecule has 0 spiro atoms. The smallest absolute Gasteiger partial charge is 0.310 e. The SMILES string of the molecule is COC(=O)C(C)CNc1cc(F)ccc1Cl. The van der Waals surface area contributed by atoms with E-state index >= 15 is 0 Å². The maximum Gasteiger partial charge on any atom is 0.310 e. The molecule has 1 aromatic rings. The third kappa shape index (κ3) is 3.38. The van der Waals surface area contributed by atoms with Crippen molar-refractivity contribution >= 4 is 23.3 Å². The molecule has 1 N–H and O–H groups in total. The molecule has 5 heteroatoms. The van der Waals surface area contributed by atoms with Gasteiger partial charge in [-0.05, 0) is 18.2 Å². The molecule has 0 saturated carbocycles. The van der Waals surface area contributed by atoms with Gasteiger partial charge in [-0.15, -0.1) is 0 Å². The van der Waals surface area contributed by atoms with E-state index in [-0.39, 0.29) is 17.7 Å². The zero-order valence-corrected chi connectivity index (χ0v) is 9.84. The van der Waals surface area contributed by atoms with Crippen molar-refractivity contribution in [1.29, 1.82) is 0 Å². The standard InChI is InChI=1S/C11H13ClFNO2/c1-7(11(15)16-2)6-14-10-5-8(13)3-4-9(10)12/h3-5,7,14H,6H2,1-2H3. The minimum Gasteiger partial charge on any atom is -0.469 e. The zero-order chi connectivity index (χ0) is 12.1. The van der Waals surface area contributed by atoms with Gasteiger partial charge in [-0.1, -0.05) is 18.5 Å². The van der Waals surface area contributed by atoms with Crippen molar-refractivity contribution in [3.63, 3.8) is 0 Å². The van der Waals surface area contributed by atoms with Crippen molar-refractivity contribution in [2.45, 2.75) is 6.92 Å². The van der Waals surface area contributed by atoms with Gasteiger partial charge in [0.1, 0.15) is 5.82 Å². The van der Waals surface area contributed by atoms with Crippen LogP contribution in [-0.2, 0) is 9.53 Å². The van der Waals surface area contributed by atoms with Crippen molar-refractivity contribution in [3.8, 4) is 0 Å². The first-order valence-electron chi connectivity index (χ1n) is 4.81. The Bertz CT molecular complexity index is 384. The van der Waals surface area contributed by atoms with Crippen molar-refractivity contribution in [2.75, 3.05) is 19.0 Å². The summed E-state index contributed by atoms with van der Waals surface area (Å²) < 4.78 is 17.5. The number of methoxy groups -OCH3 is 1. The zero-order valence-electron chi connectivity index (χ0n) is 9.09. The fourth-order valence-corrected chi connectivity index (χ4v) is 1.36. The van der Waals surface area contributed by atoms with Crippen molar-refractivity contribution in [3.05, 3.63) is 29.0 Å². The van der Waals surface area contributed by atoms with Gasteiger partial charge in [-0.3, -0.25) is 4.79 Å². The number of ether oxygens (including phenoxy) is 1. The summed E-state index contributed by atoms with van der Waals surface area (Å²) in [7, 11) is 1.33. The molecule has 88 valence electrons. The molecule has 0 aliphatic rings. The molecule has 3 nitrogen and oxygen atoms in total. The number of hydrogen-bond acceptors (Lipinski definition) is 3. The lowest BCUT2D eigenvalue weighted by Gasteiger charge is -2.12. The largest absolute Gasteiger partial charge is 0.469 e. The molecule has 0 radical (unpaired) electrons. The summed E-state index contributed by atoms with van der Waals surface area (Å²) in [5, 5.41) is 3.31. The van der Waals surface area contributed by atoms with E-state index in [1.54, 1.807) is 6.92 Å². The average molecular weight is 246 g/mol. The Kier molecular flexibility index (Phi) is 4.55. The summed E-state index contributed by atoms with van der Waals surface area (Å²) in [4.78, 5) is 11.1. The molecule has 1 rings (SSSR count). The normalized spacial score (nSPS) is 12.0. The van der Waals surface area contributed by atoms with Crippen LogP contribution < -0.4 is 5.32 Å². The highest BCUT2D eigenvalue weighted by Crippen LogP contribution is 2.22. The van der Waals surface area contributed by atoms with Crippen molar-refractivity contribution in [1.82, 2.24) is 0 Å². The molecule has 0 aromatic heterocycles. The summed E-state index contributed by atoms with van der Waals surface area (Å²) in [5.74, 6) is -1.01. The number of carbonyl (C=O) groups is 1. The first kappa shape index (κ1) is 12.8. The minimum atomic E-state index is -0.377. The van der Waals surface area contributed by atoms with Gasteiger partial charge in [0, 0.05) is 6.54 Å². The fraction of sp³-hybridized carbons (Fsp3) is 0.364. The van der Waals surface area contributed by atoms with E-state index in [1.165, 1.54) is 25.3 Å². The van der Waals surface area contributed by atoms with Crippen molar-refractivity contribution < 1.29 is 13.9 Å². The maximum absolute atomic E-state index is 12.9. The molecule has 1 atom stereocenters. The second-order valence-electron chi connectivity index (χ2n) is 3.43. The Hall–Kier alpha value is -1.29. The summed E-state index contributed by atoms with van der Waals surface area (Å²) in [6.45, 7) is 2.06. The van der Waals surface area contributed by atoms with Crippen molar-refractivity contribution in [2.24, 2.45) is 5.92 Å². The molecule has 0 heterocycles. The van der Waals surface area contributed by atoms with Crippen LogP contribution in [0.15, 0.2) is 18.2 Å². The summed E-state index contributed by atoms with van der Waals surface area (Å²) in [6, 6.07) is 4.02. The Morgan fingerprint density at radius 1 is 1.62 bits per heavy atom. The first-order valence-corrected chi connectivity index (χ1v) is 5.19. The van der Waals surface area contributed by atoms with E-state index in [9.17, 15) is 9.18 Å². The molecule has 0 aliphatic heterocycles. The third-order valence-electron chi connectivity index (χ3n) is 2.13. The topological polar surface area (TPSA) is 38.3 Å². The number of halogens is 2. The fourth-order valence-electron chi connectivity index (χ4n) is 1.18. The number of carbonyl (C=O) groups excluding carboxylic acids is 1. The van der Waals surface area contributed by atoms with Crippen LogP contribution in [0.1, 0.15) is 6.92 Å². The van der Waals surface area contributed by atoms with Crippen LogP contribution >= 0.6 is 11.6 Å². The highest BCUT2D eigenvalue weighted by Gasteiger charge is 2.13. The molecule has 0 bridgehead atoms. The molecule has 1 unspecified atom stereocenters. The van der Waals surface area contributed by atoms with Crippen LogP contribution in [0.25, 0.3) is 0 Å². The monoisotopic (exact) mass is 245 g/mol. The molecular formula is C11H13ClFNO2. The maximum atomic E-state index is 12.9. The molecule has 0 fully saturated rings. The van der Waals surface area contributed by atoms with Crippen LogP contribution in [-0.4, -0.2) is 19.6 Å². The minimum absolute atomic E-state index is 0.315. The van der Waals surface area contributed by atoms with Gasteiger partial charge in [0.15, 0.2) is 0 Å². The highest BCUT2D eigenvalue weighted by atomic mass is 35.5. The number of esters is 1. The molecular weight excluding hydrogens is 233 g/mol. The third-order valence-corrected chi connectivity index (χ3v) is 2.46. The lowest BCUT2D eigenvalue weighted by Crippen LogP contribution is -2.21. The molecule has 0 amide bonds. The van der Waals surface area contributed by atoms with Gasteiger partial charge in [-0.25, -0.2) is 4.39 Å². The molecule has 0 aliphatic carbocycles. The Labute approximate surface area is 98.5 Å². The van der Waals surface area contributed by atoms with Gasteiger partial charge in [0.2, 0.25) is 0 Å². The van der Waals surface area contributed by atoms with E-state index in [0.29, 0.717) is 17.3 Å². The number of nitrogens with one attached hydrogen (secondary N) is 1. The molecule has 1 aromatic carbocycles. The summed E-state index contributed by atoms with van der Waals surface area (Å²) >= 11 is 5.85. The highest BCUT2D eigenvalue weighted by molar-refractivity contribution is 6.33. The van der Waals surface area contributed by atoms with Gasteiger partial charge in [0.25, 0.3) is 0 Å². The Morgan fingerprint density at radius 2 is 2.31 bits per heavy atom. The lowest BCUT2D eigenvalue weighted by atomic mass is 10.2. The predicted molar refractivity (Wildman–Crippen MR) is 61.1 cm³/mol. The van der Waals surface area contributed by atoms with Crippen LogP contribution in [0, 0.1) is 11.7 Å². The predicted octanol–water partition coefficient (Wildman–Crippen LogP) is 2.70. The van der Waals surface area contributed by atoms with Crippen LogP contribution in [0.5, 0.6) is 0 Å². The Balaban J connectivity index is 2.60. The van der Waals surface area contributed by atoms with E-state index in [4.69, 9.17) is 11.6 Å². The van der Waals surface area contributed by atoms with Crippen LogP contribution in [0.2, 0.25) is 5.02 Å². The van der Waals surface area contributed by atoms with E-state index in [1.807, 2.05) is 0 Å². The van der Waals surface area contributed by atoms with Gasteiger partial charge >= 0.3 is 5.97 Å². The van der Waals surface area contributed by atoms with E-state index in [0.717, 1.165) is 0 Å². The number of hydrogen-bond donors (Lipinski definition) is 1. The Morgan fingerprint density at radius 3 is 2.94 bits per heavy atom. The second kappa shape index (κ2) is 5.70. The summed E-state index contributed by atoms with van der Waals surface area (Å²) in [6.07, 6.45) is 0. The molecule has 16 heavy (non-hydrogen) atoms. The van der Waals surface area contributed by atoms with Crippen LogP contribution in [0.3, 0.4) is 0 Å².